The molecule has 2 rings (SSSR count). The average molecular weight is 445 g/mol. The van der Waals surface area contributed by atoms with E-state index in [1.807, 2.05) is 0 Å². The van der Waals surface area contributed by atoms with E-state index < -0.39 is 54.1 Å². The number of halogens is 1. The van der Waals surface area contributed by atoms with E-state index in [0.29, 0.717) is 0 Å². The third-order valence-corrected chi connectivity index (χ3v) is 8.37. The molecule has 124 valence electrons. The highest BCUT2D eigenvalue weighted by atomic mass is 127. The van der Waals surface area contributed by atoms with E-state index >= 15 is 0 Å². The van der Waals surface area contributed by atoms with Gasteiger partial charge in [0.05, 0.1) is 0 Å². The van der Waals surface area contributed by atoms with Crippen molar-refractivity contribution < 1.29 is 32.3 Å². The van der Waals surface area contributed by atoms with Gasteiger partial charge in [-0.3, -0.25) is 9.59 Å². The second-order valence-corrected chi connectivity index (χ2v) is 9.67. The van der Waals surface area contributed by atoms with E-state index in [1.165, 1.54) is 20.8 Å². The highest BCUT2D eigenvalue weighted by Crippen LogP contribution is 2.48. The van der Waals surface area contributed by atoms with Crippen LogP contribution in [0, 0.1) is 0 Å². The second-order valence-electron chi connectivity index (χ2n) is 5.70. The number of nitrogens with zero attached hydrogens (tertiary/aromatic N) is 1. The van der Waals surface area contributed by atoms with Crippen molar-refractivity contribution in [3.63, 3.8) is 0 Å². The van der Waals surface area contributed by atoms with Crippen molar-refractivity contribution in [3.05, 3.63) is 0 Å². The van der Waals surface area contributed by atoms with Gasteiger partial charge in [-0.05, 0) is 13.8 Å². The molecule has 2 saturated heterocycles. The highest BCUT2D eigenvalue weighted by Gasteiger charge is 2.72. The molecule has 0 aromatic rings. The number of hydrogen-bond acceptors (Lipinski definition) is 7. The average Bonchev–Trinajstić information content (AvgIpc) is 2.49. The van der Waals surface area contributed by atoms with Gasteiger partial charge in [0, 0.05) is 13.8 Å². The van der Waals surface area contributed by atoms with Gasteiger partial charge >= 0.3 is 11.9 Å². The SMILES string of the molecule is CC(=O)OC(C)OC(=O)[C@@H]1N2C(=O)[C@@H](I)[C@H]2S(=O)(=O)C1(C)C. The first-order valence-electron chi connectivity index (χ1n) is 6.50. The van der Waals surface area contributed by atoms with Gasteiger partial charge in [-0.25, -0.2) is 13.2 Å². The Morgan fingerprint density at radius 3 is 2.36 bits per heavy atom. The van der Waals surface area contributed by atoms with Gasteiger partial charge in [-0.2, -0.15) is 0 Å². The third-order valence-electron chi connectivity index (χ3n) is 3.84. The number of esters is 2. The first kappa shape index (κ1) is 17.4. The van der Waals surface area contributed by atoms with Crippen LogP contribution in [0.1, 0.15) is 27.7 Å². The van der Waals surface area contributed by atoms with E-state index in [4.69, 9.17) is 9.47 Å². The van der Waals surface area contributed by atoms with E-state index in [9.17, 15) is 22.8 Å². The summed E-state index contributed by atoms with van der Waals surface area (Å²) in [6.07, 6.45) is -1.16. The Kier molecular flexibility index (Phi) is 4.22. The highest BCUT2D eigenvalue weighted by molar-refractivity contribution is 14.1. The van der Waals surface area contributed by atoms with Crippen LogP contribution in [-0.2, 0) is 33.7 Å². The summed E-state index contributed by atoms with van der Waals surface area (Å²) in [5.41, 5.74) is 0. The minimum atomic E-state index is -3.71. The molecular formula is C12H16INO7S. The number of alkyl halides is 1. The fourth-order valence-electron chi connectivity index (χ4n) is 2.71. The van der Waals surface area contributed by atoms with Crippen LogP contribution in [0.25, 0.3) is 0 Å². The van der Waals surface area contributed by atoms with Crippen LogP contribution < -0.4 is 0 Å². The molecule has 0 aromatic carbocycles. The molecule has 0 bridgehead atoms. The van der Waals surface area contributed by atoms with Gasteiger partial charge in [0.2, 0.25) is 12.2 Å². The number of hydrogen-bond donors (Lipinski definition) is 0. The Labute approximate surface area is 141 Å². The fraction of sp³-hybridized carbons (Fsp3) is 0.750. The third kappa shape index (κ3) is 2.30. The molecule has 0 radical (unpaired) electrons. The number of amides is 1. The predicted octanol–water partition coefficient (Wildman–Crippen LogP) is -0.0138. The Hall–Kier alpha value is -0.910. The number of carbonyl (C=O) groups is 3. The zero-order valence-corrected chi connectivity index (χ0v) is 15.4. The van der Waals surface area contributed by atoms with Crippen LogP contribution in [0.3, 0.4) is 0 Å². The number of rotatable bonds is 3. The summed E-state index contributed by atoms with van der Waals surface area (Å²) in [5.74, 6) is -1.95. The summed E-state index contributed by atoms with van der Waals surface area (Å²) in [7, 11) is -3.71. The van der Waals surface area contributed by atoms with E-state index in [2.05, 4.69) is 0 Å². The molecule has 0 N–H and O–H groups in total. The zero-order chi connectivity index (χ0) is 17.0. The van der Waals surface area contributed by atoms with Gasteiger partial charge in [-0.15, -0.1) is 0 Å². The standard InChI is InChI=1S/C12H16INO7S/c1-5(15)20-6(2)21-11(17)8-12(3,4)22(18,19)10-7(13)9(16)14(8)10/h6-8,10H,1-4H3/t6?,7-,8+,10-/m1/s1. The molecular weight excluding hydrogens is 429 g/mol. The molecule has 2 aliphatic rings. The molecule has 8 nitrogen and oxygen atoms in total. The quantitative estimate of drug-likeness (QED) is 0.198. The minimum absolute atomic E-state index is 0.415. The predicted molar refractivity (Wildman–Crippen MR) is 82.5 cm³/mol. The molecule has 0 saturated carbocycles. The molecule has 2 fully saturated rings. The van der Waals surface area contributed by atoms with E-state index in [-0.39, 0.29) is 0 Å². The molecule has 0 aliphatic carbocycles. The zero-order valence-electron chi connectivity index (χ0n) is 12.4. The lowest BCUT2D eigenvalue weighted by atomic mass is 9.98. The fourth-order valence-corrected chi connectivity index (χ4v) is 6.64. The van der Waals surface area contributed by atoms with Crippen molar-refractivity contribution >= 4 is 50.3 Å². The Balaban J connectivity index is 2.28. The van der Waals surface area contributed by atoms with Crippen LogP contribution in [0.2, 0.25) is 0 Å². The maximum Gasteiger partial charge on any atom is 0.333 e. The van der Waals surface area contributed by atoms with Crippen LogP contribution in [0.4, 0.5) is 0 Å². The molecule has 1 amide bonds. The number of carbonyl (C=O) groups excluding carboxylic acids is 3. The Morgan fingerprint density at radius 2 is 1.86 bits per heavy atom. The number of sulfone groups is 1. The van der Waals surface area contributed by atoms with Crippen molar-refractivity contribution in [2.75, 3.05) is 0 Å². The second kappa shape index (κ2) is 5.32. The van der Waals surface area contributed by atoms with Gasteiger partial charge < -0.3 is 14.4 Å². The van der Waals surface area contributed by atoms with Crippen molar-refractivity contribution in [2.24, 2.45) is 0 Å². The number of ether oxygens (including phenoxy) is 2. The lowest BCUT2D eigenvalue weighted by Gasteiger charge is -2.40. The first-order chi connectivity index (χ1) is 9.92. The van der Waals surface area contributed by atoms with Crippen LogP contribution in [0.15, 0.2) is 0 Å². The topological polar surface area (TPSA) is 107 Å². The number of fused-ring (bicyclic) bond motifs is 1. The molecule has 22 heavy (non-hydrogen) atoms. The largest absolute Gasteiger partial charge is 0.426 e. The summed E-state index contributed by atoms with van der Waals surface area (Å²) < 4.78 is 32.5. The van der Waals surface area contributed by atoms with Crippen LogP contribution in [-0.4, -0.2) is 57.5 Å². The minimum Gasteiger partial charge on any atom is -0.426 e. The van der Waals surface area contributed by atoms with E-state index in [1.54, 1.807) is 22.6 Å². The van der Waals surface area contributed by atoms with Gasteiger partial charge in [-0.1, -0.05) is 22.6 Å². The van der Waals surface area contributed by atoms with E-state index in [0.717, 1.165) is 11.8 Å². The lowest BCUT2D eigenvalue weighted by Crippen LogP contribution is -2.64. The van der Waals surface area contributed by atoms with Crippen LogP contribution >= 0.6 is 22.6 Å². The molecule has 0 spiro atoms. The summed E-state index contributed by atoms with van der Waals surface area (Å²) in [6.45, 7) is 5.27. The van der Waals surface area contributed by atoms with Gasteiger partial charge in [0.1, 0.15) is 14.7 Å². The number of β-lactam (4-membered cyclic amide) rings is 1. The first-order valence-corrected chi connectivity index (χ1v) is 9.29. The summed E-state index contributed by atoms with van der Waals surface area (Å²) >= 11 is 1.76. The van der Waals surface area contributed by atoms with Crippen molar-refractivity contribution in [1.29, 1.82) is 0 Å². The summed E-state index contributed by atoms with van der Waals surface area (Å²) in [6, 6.07) is -1.25. The molecule has 2 heterocycles. The lowest BCUT2D eigenvalue weighted by molar-refractivity contribution is -0.189. The Morgan fingerprint density at radius 1 is 1.32 bits per heavy atom. The maximum atomic E-state index is 12.5. The molecule has 2 aliphatic heterocycles. The molecule has 4 atom stereocenters. The van der Waals surface area contributed by atoms with Gasteiger partial charge in [0.15, 0.2) is 15.2 Å². The normalized spacial score (nSPS) is 32.7. The summed E-state index contributed by atoms with van der Waals surface area (Å²) in [4.78, 5) is 36.2. The molecule has 10 heteroatoms. The van der Waals surface area contributed by atoms with Crippen molar-refractivity contribution in [3.8, 4) is 0 Å². The molecule has 1 unspecified atom stereocenters. The smallest absolute Gasteiger partial charge is 0.333 e. The van der Waals surface area contributed by atoms with Crippen molar-refractivity contribution in [2.45, 2.75) is 54.1 Å². The Bertz CT molecular complexity index is 644. The summed E-state index contributed by atoms with van der Waals surface area (Å²) in [5, 5.41) is -1.02. The van der Waals surface area contributed by atoms with Crippen molar-refractivity contribution in [1.82, 2.24) is 4.90 Å². The van der Waals surface area contributed by atoms with Gasteiger partial charge in [0.25, 0.3) is 0 Å². The molecule has 0 aromatic heterocycles. The maximum absolute atomic E-state index is 12.5. The van der Waals surface area contributed by atoms with Crippen LogP contribution in [0.5, 0.6) is 0 Å². The monoisotopic (exact) mass is 445 g/mol.